The van der Waals surface area contributed by atoms with E-state index in [9.17, 15) is 13.2 Å². The molecule has 1 heterocycles. The van der Waals surface area contributed by atoms with Crippen molar-refractivity contribution in [2.45, 2.75) is 45.6 Å². The lowest BCUT2D eigenvalue weighted by Gasteiger charge is -2.09. The highest BCUT2D eigenvalue weighted by Crippen LogP contribution is 2.15. The SMILES string of the molecule is Cc1nn(CC(C)C)c(C)c1CC(=O)NCCS(=O)(=O)c1ccccc1. The Bertz CT molecular complexity index is 856. The van der Waals surface area contributed by atoms with Gasteiger partial charge in [0.25, 0.3) is 0 Å². The van der Waals surface area contributed by atoms with Gasteiger partial charge in [-0.05, 0) is 31.9 Å². The number of hydrogen-bond acceptors (Lipinski definition) is 4. The van der Waals surface area contributed by atoms with Gasteiger partial charge in [-0.1, -0.05) is 32.0 Å². The molecule has 0 bridgehead atoms. The third-order valence-corrected chi connectivity index (χ3v) is 5.93. The summed E-state index contributed by atoms with van der Waals surface area (Å²) in [6.45, 7) is 9.00. The van der Waals surface area contributed by atoms with Crippen LogP contribution in [0.25, 0.3) is 0 Å². The molecule has 0 fully saturated rings. The Balaban J connectivity index is 1.93. The fraction of sp³-hybridized carbons (Fsp3) is 0.474. The molecule has 2 aromatic rings. The molecule has 7 heteroatoms. The Labute approximate surface area is 155 Å². The van der Waals surface area contributed by atoms with Crippen molar-refractivity contribution in [3.8, 4) is 0 Å². The van der Waals surface area contributed by atoms with E-state index >= 15 is 0 Å². The quantitative estimate of drug-likeness (QED) is 0.765. The van der Waals surface area contributed by atoms with Gasteiger partial charge in [0.2, 0.25) is 5.91 Å². The van der Waals surface area contributed by atoms with E-state index in [2.05, 4.69) is 24.3 Å². The van der Waals surface area contributed by atoms with Crippen LogP contribution in [0.5, 0.6) is 0 Å². The molecule has 1 N–H and O–H groups in total. The van der Waals surface area contributed by atoms with Gasteiger partial charge < -0.3 is 5.32 Å². The van der Waals surface area contributed by atoms with E-state index < -0.39 is 9.84 Å². The number of rotatable bonds is 8. The van der Waals surface area contributed by atoms with Gasteiger partial charge in [-0.25, -0.2) is 8.42 Å². The summed E-state index contributed by atoms with van der Waals surface area (Å²) in [7, 11) is -3.39. The Morgan fingerprint density at radius 1 is 1.19 bits per heavy atom. The zero-order valence-corrected chi connectivity index (χ0v) is 16.6. The molecule has 1 amide bonds. The highest BCUT2D eigenvalue weighted by Gasteiger charge is 2.17. The van der Waals surface area contributed by atoms with Gasteiger partial charge in [-0.2, -0.15) is 5.10 Å². The second-order valence-corrected chi connectivity index (χ2v) is 8.99. The predicted octanol–water partition coefficient (Wildman–Crippen LogP) is 2.29. The molecule has 0 aliphatic heterocycles. The molecule has 1 aromatic heterocycles. The topological polar surface area (TPSA) is 81.1 Å². The number of hydrogen-bond donors (Lipinski definition) is 1. The second kappa shape index (κ2) is 8.49. The first-order valence-electron chi connectivity index (χ1n) is 8.78. The molecule has 0 saturated carbocycles. The fourth-order valence-electron chi connectivity index (χ4n) is 2.81. The fourth-order valence-corrected chi connectivity index (χ4v) is 3.99. The van der Waals surface area contributed by atoms with Crippen molar-refractivity contribution < 1.29 is 13.2 Å². The molecule has 6 nitrogen and oxygen atoms in total. The molecule has 0 aliphatic carbocycles. The maximum Gasteiger partial charge on any atom is 0.224 e. The van der Waals surface area contributed by atoms with Crippen molar-refractivity contribution in [1.82, 2.24) is 15.1 Å². The summed E-state index contributed by atoms with van der Waals surface area (Å²) in [4.78, 5) is 12.5. The van der Waals surface area contributed by atoms with Crippen LogP contribution >= 0.6 is 0 Å². The maximum absolute atomic E-state index is 12.2. The van der Waals surface area contributed by atoms with Crippen LogP contribution < -0.4 is 5.32 Å². The summed E-state index contributed by atoms with van der Waals surface area (Å²) >= 11 is 0. The van der Waals surface area contributed by atoms with Crippen molar-refractivity contribution in [2.75, 3.05) is 12.3 Å². The molecule has 0 saturated heterocycles. The molecule has 0 aliphatic rings. The lowest BCUT2D eigenvalue weighted by atomic mass is 10.1. The molecule has 26 heavy (non-hydrogen) atoms. The van der Waals surface area contributed by atoms with Gasteiger partial charge in [0.05, 0.1) is 22.8 Å². The third-order valence-electron chi connectivity index (χ3n) is 4.20. The van der Waals surface area contributed by atoms with Gasteiger partial charge >= 0.3 is 0 Å². The second-order valence-electron chi connectivity index (χ2n) is 6.88. The molecular formula is C19H27N3O3S. The summed E-state index contributed by atoms with van der Waals surface area (Å²) in [6.07, 6.45) is 0.209. The van der Waals surface area contributed by atoms with Crippen LogP contribution in [0.3, 0.4) is 0 Å². The average molecular weight is 378 g/mol. The lowest BCUT2D eigenvalue weighted by Crippen LogP contribution is -2.30. The average Bonchev–Trinajstić information content (AvgIpc) is 2.82. The van der Waals surface area contributed by atoms with Gasteiger partial charge in [0, 0.05) is 24.3 Å². The molecule has 1 aromatic carbocycles. The maximum atomic E-state index is 12.2. The number of aryl methyl sites for hydroxylation is 1. The van der Waals surface area contributed by atoms with Crippen LogP contribution in [-0.2, 0) is 27.6 Å². The van der Waals surface area contributed by atoms with E-state index in [0.29, 0.717) is 5.92 Å². The minimum atomic E-state index is -3.39. The van der Waals surface area contributed by atoms with Gasteiger partial charge in [-0.3, -0.25) is 9.48 Å². The highest BCUT2D eigenvalue weighted by molar-refractivity contribution is 7.91. The van der Waals surface area contributed by atoms with Crippen LogP contribution in [0, 0.1) is 19.8 Å². The Morgan fingerprint density at radius 3 is 2.46 bits per heavy atom. The van der Waals surface area contributed by atoms with Crippen molar-refractivity contribution in [1.29, 1.82) is 0 Å². The van der Waals surface area contributed by atoms with Crippen LogP contribution in [0.2, 0.25) is 0 Å². The van der Waals surface area contributed by atoms with Gasteiger partial charge in [0.15, 0.2) is 9.84 Å². The van der Waals surface area contributed by atoms with E-state index in [4.69, 9.17) is 0 Å². The number of aromatic nitrogens is 2. The molecule has 0 spiro atoms. The molecule has 142 valence electrons. The monoisotopic (exact) mass is 377 g/mol. The molecule has 2 rings (SSSR count). The Hall–Kier alpha value is -2.15. The summed E-state index contributed by atoms with van der Waals surface area (Å²) in [5, 5.41) is 7.21. The van der Waals surface area contributed by atoms with Gasteiger partial charge in [0.1, 0.15) is 0 Å². The molecular weight excluding hydrogens is 350 g/mol. The zero-order valence-electron chi connectivity index (χ0n) is 15.8. The van der Waals surface area contributed by atoms with E-state index in [1.807, 2.05) is 18.5 Å². The van der Waals surface area contributed by atoms with E-state index in [0.717, 1.165) is 23.5 Å². The minimum Gasteiger partial charge on any atom is -0.355 e. The summed E-state index contributed by atoms with van der Waals surface area (Å²) < 4.78 is 26.4. The summed E-state index contributed by atoms with van der Waals surface area (Å²) in [5.74, 6) is 0.161. The van der Waals surface area contributed by atoms with Crippen LogP contribution in [0.15, 0.2) is 35.2 Å². The summed E-state index contributed by atoms with van der Waals surface area (Å²) in [6, 6.07) is 8.27. The summed E-state index contributed by atoms with van der Waals surface area (Å²) in [5.41, 5.74) is 2.74. The van der Waals surface area contributed by atoms with Crippen molar-refractivity contribution >= 4 is 15.7 Å². The van der Waals surface area contributed by atoms with Crippen LogP contribution in [0.4, 0.5) is 0 Å². The van der Waals surface area contributed by atoms with E-state index in [-0.39, 0.29) is 29.5 Å². The largest absolute Gasteiger partial charge is 0.355 e. The number of carbonyl (C=O) groups excluding carboxylic acids is 1. The number of benzene rings is 1. The first kappa shape index (κ1) is 20.2. The minimum absolute atomic E-state index is 0.0916. The Morgan fingerprint density at radius 2 is 1.85 bits per heavy atom. The smallest absolute Gasteiger partial charge is 0.224 e. The number of carbonyl (C=O) groups is 1. The highest BCUT2D eigenvalue weighted by atomic mass is 32.2. The first-order chi connectivity index (χ1) is 12.2. The van der Waals surface area contributed by atoms with Crippen molar-refractivity contribution in [3.63, 3.8) is 0 Å². The lowest BCUT2D eigenvalue weighted by molar-refractivity contribution is -0.120. The Kier molecular flexibility index (Phi) is 6.58. The van der Waals surface area contributed by atoms with Gasteiger partial charge in [-0.15, -0.1) is 0 Å². The molecule has 0 radical (unpaired) electrons. The molecule has 0 unspecified atom stereocenters. The first-order valence-corrected chi connectivity index (χ1v) is 10.4. The zero-order chi connectivity index (χ0) is 19.3. The van der Waals surface area contributed by atoms with Crippen LogP contribution in [-0.4, -0.2) is 36.4 Å². The number of nitrogens with zero attached hydrogens (tertiary/aromatic N) is 2. The predicted molar refractivity (Wildman–Crippen MR) is 102 cm³/mol. The standard InChI is InChI=1S/C19H27N3O3S/c1-14(2)13-22-16(4)18(15(3)21-22)12-19(23)20-10-11-26(24,25)17-8-6-5-7-9-17/h5-9,14H,10-13H2,1-4H3,(H,20,23). The van der Waals surface area contributed by atoms with Crippen LogP contribution in [0.1, 0.15) is 30.8 Å². The number of sulfone groups is 1. The normalized spacial score (nSPS) is 11.7. The number of amides is 1. The van der Waals surface area contributed by atoms with E-state index in [1.165, 1.54) is 0 Å². The van der Waals surface area contributed by atoms with Crippen molar-refractivity contribution in [3.05, 3.63) is 47.3 Å². The van der Waals surface area contributed by atoms with E-state index in [1.54, 1.807) is 30.3 Å². The third kappa shape index (κ3) is 5.17. The van der Waals surface area contributed by atoms with Crippen molar-refractivity contribution in [2.24, 2.45) is 5.92 Å². The molecule has 0 atom stereocenters. The number of nitrogens with one attached hydrogen (secondary N) is 1.